The van der Waals surface area contributed by atoms with Gasteiger partial charge in [-0.05, 0) is 30.2 Å². The van der Waals surface area contributed by atoms with E-state index in [4.69, 9.17) is 9.73 Å². The maximum absolute atomic E-state index is 14.0. The number of aliphatic imine (C=N–C) groups is 1. The highest BCUT2D eigenvalue weighted by Crippen LogP contribution is 2.39. The minimum atomic E-state index is -0.864. The first-order valence-corrected chi connectivity index (χ1v) is 11.1. The fourth-order valence-corrected chi connectivity index (χ4v) is 4.55. The number of hydrogen-bond acceptors (Lipinski definition) is 4. The molecule has 0 bridgehead atoms. The molecule has 6 heteroatoms. The van der Waals surface area contributed by atoms with Crippen LogP contribution in [-0.2, 0) is 9.53 Å². The third-order valence-electron chi connectivity index (χ3n) is 6.42. The zero-order valence-electron chi connectivity index (χ0n) is 18.5. The lowest BCUT2D eigenvalue weighted by Crippen LogP contribution is -2.43. The van der Waals surface area contributed by atoms with Gasteiger partial charge in [-0.25, -0.2) is 9.79 Å². The van der Waals surface area contributed by atoms with Crippen molar-refractivity contribution in [3.05, 3.63) is 108 Å². The average Bonchev–Trinajstić information content (AvgIpc) is 3.41. The second-order valence-corrected chi connectivity index (χ2v) is 8.39. The molecule has 0 aliphatic carbocycles. The molecule has 0 unspecified atom stereocenters. The molecule has 1 fully saturated rings. The third-order valence-corrected chi connectivity index (χ3v) is 6.42. The number of benzene rings is 3. The van der Waals surface area contributed by atoms with Crippen LogP contribution in [0.15, 0.2) is 96.0 Å². The molecule has 0 aromatic heterocycles. The molecule has 6 nitrogen and oxygen atoms in total. The monoisotopic (exact) mass is 439 g/mol. The van der Waals surface area contributed by atoms with Crippen LogP contribution in [0.5, 0.6) is 0 Å². The van der Waals surface area contributed by atoms with Gasteiger partial charge in [0.1, 0.15) is 0 Å². The number of carbonyl (C=O) groups excluding carboxylic acids is 2. The Bertz CT molecular complexity index is 1180. The minimum Gasteiger partial charge on any atom is -0.466 e. The Morgan fingerprint density at radius 1 is 0.848 bits per heavy atom. The van der Waals surface area contributed by atoms with Crippen molar-refractivity contribution in [2.24, 2.45) is 4.99 Å². The zero-order valence-corrected chi connectivity index (χ0v) is 18.5. The van der Waals surface area contributed by atoms with E-state index in [2.05, 4.69) is 0 Å². The van der Waals surface area contributed by atoms with Crippen molar-refractivity contribution in [3.63, 3.8) is 0 Å². The van der Waals surface area contributed by atoms with Crippen LogP contribution in [0.2, 0.25) is 0 Å². The molecule has 2 heterocycles. The van der Waals surface area contributed by atoms with Gasteiger partial charge in [0.05, 0.1) is 12.1 Å². The lowest BCUT2D eigenvalue weighted by atomic mass is 9.98. The highest BCUT2D eigenvalue weighted by atomic mass is 16.5. The highest BCUT2D eigenvalue weighted by Gasteiger charge is 2.50. The molecule has 3 aromatic carbocycles. The van der Waals surface area contributed by atoms with Crippen molar-refractivity contribution in [2.75, 3.05) is 7.05 Å². The van der Waals surface area contributed by atoms with Gasteiger partial charge in [-0.1, -0.05) is 78.9 Å². The molecule has 0 spiro atoms. The number of urea groups is 1. The number of ether oxygens (including phenoxy) is 1. The minimum absolute atomic E-state index is 0.168. The summed E-state index contributed by atoms with van der Waals surface area (Å²) in [5, 5.41) is 0. The smallest absolute Gasteiger partial charge is 0.327 e. The van der Waals surface area contributed by atoms with E-state index in [1.807, 2.05) is 97.9 Å². The van der Waals surface area contributed by atoms with Gasteiger partial charge in [0.25, 0.3) is 5.91 Å². The van der Waals surface area contributed by atoms with Gasteiger partial charge in [-0.2, -0.15) is 0 Å². The summed E-state index contributed by atoms with van der Waals surface area (Å²) in [6.45, 7) is 1.96. The number of nitrogens with zero attached hydrogens (tertiary/aromatic N) is 3. The van der Waals surface area contributed by atoms with Gasteiger partial charge >= 0.3 is 6.03 Å². The van der Waals surface area contributed by atoms with Crippen LogP contribution in [0.4, 0.5) is 4.79 Å². The van der Waals surface area contributed by atoms with Gasteiger partial charge < -0.3 is 9.64 Å². The van der Waals surface area contributed by atoms with Gasteiger partial charge in [-0.15, -0.1) is 0 Å². The summed E-state index contributed by atoms with van der Waals surface area (Å²) in [7, 11) is 1.73. The lowest BCUT2D eigenvalue weighted by molar-refractivity contribution is -0.132. The zero-order chi connectivity index (χ0) is 22.9. The highest BCUT2D eigenvalue weighted by molar-refractivity contribution is 6.03. The van der Waals surface area contributed by atoms with Gasteiger partial charge in [0.2, 0.25) is 5.90 Å². The van der Waals surface area contributed by atoms with Crippen LogP contribution < -0.4 is 0 Å². The fourth-order valence-electron chi connectivity index (χ4n) is 4.55. The molecule has 0 N–H and O–H groups in total. The van der Waals surface area contributed by atoms with Crippen LogP contribution >= 0.6 is 0 Å². The topological polar surface area (TPSA) is 62.2 Å². The summed E-state index contributed by atoms with van der Waals surface area (Å²) >= 11 is 0. The van der Waals surface area contributed by atoms with E-state index in [1.54, 1.807) is 11.9 Å². The summed E-state index contributed by atoms with van der Waals surface area (Å²) in [5.41, 5.74) is 2.56. The number of amides is 3. The van der Waals surface area contributed by atoms with Crippen molar-refractivity contribution < 1.29 is 14.3 Å². The van der Waals surface area contributed by atoms with E-state index >= 15 is 0 Å². The number of carbonyl (C=O) groups is 2. The second kappa shape index (κ2) is 8.54. The number of rotatable bonds is 4. The lowest BCUT2D eigenvalue weighted by Gasteiger charge is -2.27. The molecule has 33 heavy (non-hydrogen) atoms. The molecule has 4 atom stereocenters. The maximum Gasteiger partial charge on any atom is 0.327 e. The number of likely N-dealkylation sites (N-methyl/N-ethyl adjacent to an activating group) is 1. The summed E-state index contributed by atoms with van der Waals surface area (Å²) in [5.74, 6) is 0.0527. The van der Waals surface area contributed by atoms with E-state index < -0.39 is 18.2 Å². The molecule has 5 rings (SSSR count). The van der Waals surface area contributed by atoms with Gasteiger partial charge in [-0.3, -0.25) is 9.69 Å². The van der Waals surface area contributed by atoms with E-state index in [9.17, 15) is 9.59 Å². The first-order chi connectivity index (χ1) is 16.1. The molecular weight excluding hydrogens is 414 g/mol. The third kappa shape index (κ3) is 3.67. The second-order valence-electron chi connectivity index (χ2n) is 8.39. The molecule has 3 amide bonds. The van der Waals surface area contributed by atoms with Crippen molar-refractivity contribution in [3.8, 4) is 0 Å². The molecule has 1 saturated heterocycles. The molecule has 0 radical (unpaired) electrons. The average molecular weight is 440 g/mol. The Labute approximate surface area is 193 Å². The van der Waals surface area contributed by atoms with Gasteiger partial charge in [0, 0.05) is 12.6 Å². The standard InChI is InChI=1S/C27H25N3O3/c1-18-23(19-12-6-3-7-13-19)30(27(32)29(18)2)26(31)22-24(20-14-8-4-9-15-20)33-25(28-22)21-16-10-5-11-17-21/h3-18,22-24H,1-2H3/t18-,22+,23-,24-/m0/s1. The molecule has 2 aliphatic heterocycles. The molecule has 0 saturated carbocycles. The van der Waals surface area contributed by atoms with Crippen LogP contribution in [-0.4, -0.2) is 46.8 Å². The number of hydrogen-bond donors (Lipinski definition) is 0. The summed E-state index contributed by atoms with van der Waals surface area (Å²) in [6.07, 6.45) is -0.612. The Morgan fingerprint density at radius 2 is 1.39 bits per heavy atom. The Morgan fingerprint density at radius 3 is 2.00 bits per heavy atom. The predicted octanol–water partition coefficient (Wildman–Crippen LogP) is 4.60. The quantitative estimate of drug-likeness (QED) is 0.597. The van der Waals surface area contributed by atoms with Crippen LogP contribution in [0.1, 0.15) is 35.8 Å². The molecule has 3 aromatic rings. The van der Waals surface area contributed by atoms with E-state index in [0.717, 1.165) is 16.7 Å². The predicted molar refractivity (Wildman–Crippen MR) is 126 cm³/mol. The SMILES string of the molecule is C[C@H]1[C@@H](c2ccccc2)N(C(=O)[C@@H]2N=C(c3ccccc3)O[C@H]2c2ccccc2)C(=O)N1C. The van der Waals surface area contributed by atoms with Gasteiger partial charge in [0.15, 0.2) is 12.1 Å². The molecular formula is C27H25N3O3. The van der Waals surface area contributed by atoms with E-state index in [0.29, 0.717) is 5.90 Å². The first kappa shape index (κ1) is 20.9. The summed E-state index contributed by atoms with van der Waals surface area (Å²) in [4.78, 5) is 34.9. The van der Waals surface area contributed by atoms with Crippen molar-refractivity contribution in [1.82, 2.24) is 9.80 Å². The largest absolute Gasteiger partial charge is 0.466 e. The van der Waals surface area contributed by atoms with Crippen molar-refractivity contribution in [1.29, 1.82) is 0 Å². The maximum atomic E-state index is 14.0. The summed E-state index contributed by atoms with van der Waals surface area (Å²) in [6, 6.07) is 27.0. The van der Waals surface area contributed by atoms with Crippen molar-refractivity contribution >= 4 is 17.8 Å². The Kier molecular flexibility index (Phi) is 5.42. The normalized spacial score (nSPS) is 24.5. The molecule has 166 valence electrons. The van der Waals surface area contributed by atoms with Crippen LogP contribution in [0.25, 0.3) is 0 Å². The van der Waals surface area contributed by atoms with E-state index in [-0.39, 0.29) is 18.0 Å². The first-order valence-electron chi connectivity index (χ1n) is 11.1. The van der Waals surface area contributed by atoms with E-state index in [1.165, 1.54) is 4.90 Å². The molecule has 2 aliphatic rings. The summed E-state index contributed by atoms with van der Waals surface area (Å²) < 4.78 is 6.23. The number of imide groups is 1. The van der Waals surface area contributed by atoms with Crippen LogP contribution in [0.3, 0.4) is 0 Å². The Balaban J connectivity index is 1.56. The van der Waals surface area contributed by atoms with Crippen LogP contribution in [0, 0.1) is 0 Å². The van der Waals surface area contributed by atoms with Crippen molar-refractivity contribution in [2.45, 2.75) is 31.2 Å². The Hall–Kier alpha value is -3.93. The fraction of sp³-hybridized carbons (Fsp3) is 0.222.